The van der Waals surface area contributed by atoms with Crippen LogP contribution in [0.15, 0.2) is 90.5 Å². The zero-order valence-electron chi connectivity index (χ0n) is 19.7. The molecule has 0 saturated carbocycles. The number of amides is 2. The summed E-state index contributed by atoms with van der Waals surface area (Å²) in [5.41, 5.74) is 6.51. The van der Waals surface area contributed by atoms with E-state index in [1.807, 2.05) is 38.1 Å². The van der Waals surface area contributed by atoms with E-state index in [1.54, 1.807) is 30.3 Å². The van der Waals surface area contributed by atoms with E-state index in [2.05, 4.69) is 46.3 Å². The first-order valence-electron chi connectivity index (χ1n) is 11.4. The maximum Gasteiger partial charge on any atom is 0.270 e. The van der Waals surface area contributed by atoms with Crippen LogP contribution in [0.5, 0.6) is 0 Å². The Morgan fingerprint density at radius 1 is 0.833 bits per heavy atom. The molecule has 1 saturated heterocycles. The van der Waals surface area contributed by atoms with Gasteiger partial charge in [-0.15, -0.1) is 0 Å². The number of hydrogen-bond donors (Lipinski definition) is 1. The van der Waals surface area contributed by atoms with E-state index >= 15 is 0 Å². The van der Waals surface area contributed by atoms with E-state index in [4.69, 9.17) is 23.8 Å². The predicted octanol–water partition coefficient (Wildman–Crippen LogP) is 6.25. The topological polar surface area (TPSA) is 54.3 Å². The van der Waals surface area contributed by atoms with Crippen LogP contribution in [0.25, 0.3) is 22.9 Å². The summed E-state index contributed by atoms with van der Waals surface area (Å²) in [5, 5.41) is 3.20. The van der Waals surface area contributed by atoms with Crippen LogP contribution in [0.2, 0.25) is 5.02 Å². The van der Waals surface area contributed by atoms with Crippen LogP contribution in [-0.4, -0.2) is 21.5 Å². The lowest BCUT2D eigenvalue weighted by atomic mass is 10.1. The lowest BCUT2D eigenvalue weighted by molar-refractivity contribution is -0.122. The number of carbonyl (C=O) groups is 2. The lowest BCUT2D eigenvalue weighted by Crippen LogP contribution is -2.54. The van der Waals surface area contributed by atoms with Gasteiger partial charge in [0, 0.05) is 22.1 Å². The van der Waals surface area contributed by atoms with Gasteiger partial charge in [0.05, 0.1) is 5.69 Å². The number of benzene rings is 3. The number of aryl methyl sites for hydroxylation is 1. The molecule has 0 bridgehead atoms. The van der Waals surface area contributed by atoms with E-state index in [1.165, 1.54) is 4.90 Å². The van der Waals surface area contributed by atoms with Crippen molar-refractivity contribution in [1.82, 2.24) is 9.88 Å². The van der Waals surface area contributed by atoms with Crippen molar-refractivity contribution in [3.63, 3.8) is 0 Å². The molecule has 0 atom stereocenters. The molecular weight excluding hydrogens is 490 g/mol. The summed E-state index contributed by atoms with van der Waals surface area (Å²) in [6, 6.07) is 27.2. The minimum atomic E-state index is -0.521. The monoisotopic (exact) mass is 511 g/mol. The maximum atomic E-state index is 13.4. The van der Waals surface area contributed by atoms with E-state index in [0.717, 1.165) is 33.8 Å². The SMILES string of the molecule is Cc1cc(/C=C2/C(=O)NC(=S)N(c3ccc(Cl)cc3)C2=O)c(C)n1-c1ccc(-c2ccccc2)cc1. The van der Waals surface area contributed by atoms with Gasteiger partial charge in [-0.2, -0.15) is 0 Å². The highest BCUT2D eigenvalue weighted by Gasteiger charge is 2.34. The first-order chi connectivity index (χ1) is 17.3. The van der Waals surface area contributed by atoms with Crippen LogP contribution in [0.3, 0.4) is 0 Å². The molecule has 0 radical (unpaired) electrons. The first kappa shape index (κ1) is 23.7. The molecule has 1 fully saturated rings. The van der Waals surface area contributed by atoms with Gasteiger partial charge in [0.25, 0.3) is 11.8 Å². The molecule has 2 amide bonds. The minimum absolute atomic E-state index is 0.0122. The fraction of sp³-hybridized carbons (Fsp3) is 0.0690. The fourth-order valence-corrected chi connectivity index (χ4v) is 4.81. The molecule has 5 rings (SSSR count). The van der Waals surface area contributed by atoms with E-state index in [9.17, 15) is 9.59 Å². The van der Waals surface area contributed by atoms with Gasteiger partial charge in [-0.25, -0.2) is 0 Å². The standard InChI is InChI=1S/C29H22ClN3O2S/c1-18-16-22(19(2)32(18)24-12-8-21(9-13-24)20-6-4-3-5-7-20)17-26-27(34)31-29(36)33(28(26)35)25-14-10-23(30)11-15-25/h3-17H,1-2H3,(H,31,34,36)/b26-17-. The number of aromatic nitrogens is 1. The molecule has 1 N–H and O–H groups in total. The second-order valence-corrected chi connectivity index (χ2v) is 9.33. The average Bonchev–Trinajstić information content (AvgIpc) is 3.16. The van der Waals surface area contributed by atoms with Gasteiger partial charge >= 0.3 is 0 Å². The molecule has 5 nitrogen and oxygen atoms in total. The molecule has 0 unspecified atom stereocenters. The van der Waals surface area contributed by atoms with Crippen LogP contribution in [0, 0.1) is 13.8 Å². The number of hydrogen-bond acceptors (Lipinski definition) is 3. The molecule has 2 heterocycles. The second-order valence-electron chi connectivity index (χ2n) is 8.51. The number of nitrogens with zero attached hydrogens (tertiary/aromatic N) is 2. The highest BCUT2D eigenvalue weighted by Crippen LogP contribution is 2.28. The summed E-state index contributed by atoms with van der Waals surface area (Å²) in [7, 11) is 0. The summed E-state index contributed by atoms with van der Waals surface area (Å²) in [6.45, 7) is 3.97. The van der Waals surface area contributed by atoms with Gasteiger partial charge < -0.3 is 4.57 Å². The van der Waals surface area contributed by atoms with Gasteiger partial charge in [0.15, 0.2) is 5.11 Å². The highest BCUT2D eigenvalue weighted by atomic mass is 35.5. The van der Waals surface area contributed by atoms with E-state index < -0.39 is 11.8 Å². The fourth-order valence-electron chi connectivity index (χ4n) is 4.40. The zero-order chi connectivity index (χ0) is 25.4. The Bertz CT molecular complexity index is 1520. The molecule has 0 aliphatic carbocycles. The Labute approximate surface area is 219 Å². The van der Waals surface area contributed by atoms with E-state index in [-0.39, 0.29) is 10.7 Å². The van der Waals surface area contributed by atoms with Crippen molar-refractivity contribution in [2.24, 2.45) is 0 Å². The van der Waals surface area contributed by atoms with Crippen LogP contribution in [0.1, 0.15) is 17.0 Å². The van der Waals surface area contributed by atoms with Crippen molar-refractivity contribution in [2.75, 3.05) is 4.90 Å². The van der Waals surface area contributed by atoms with Crippen molar-refractivity contribution in [3.05, 3.63) is 112 Å². The lowest BCUT2D eigenvalue weighted by Gasteiger charge is -2.28. The van der Waals surface area contributed by atoms with Crippen LogP contribution < -0.4 is 10.2 Å². The van der Waals surface area contributed by atoms with Gasteiger partial charge in [-0.05, 0) is 91.3 Å². The summed E-state index contributed by atoms with van der Waals surface area (Å²) in [6.07, 6.45) is 1.62. The molecule has 0 spiro atoms. The third kappa shape index (κ3) is 4.37. The highest BCUT2D eigenvalue weighted by molar-refractivity contribution is 7.80. The Balaban J connectivity index is 1.49. The third-order valence-corrected chi connectivity index (χ3v) is 6.73. The molecule has 1 aliphatic heterocycles. The summed E-state index contributed by atoms with van der Waals surface area (Å²) in [5.74, 6) is -1.00. The Kier molecular flexibility index (Phi) is 6.31. The number of anilines is 1. The largest absolute Gasteiger partial charge is 0.318 e. The average molecular weight is 512 g/mol. The van der Waals surface area contributed by atoms with E-state index in [0.29, 0.717) is 10.7 Å². The van der Waals surface area contributed by atoms with Crippen molar-refractivity contribution in [2.45, 2.75) is 13.8 Å². The maximum absolute atomic E-state index is 13.4. The molecule has 7 heteroatoms. The summed E-state index contributed by atoms with van der Waals surface area (Å²) in [4.78, 5) is 27.4. The van der Waals surface area contributed by atoms with Gasteiger partial charge in [-0.3, -0.25) is 19.8 Å². The van der Waals surface area contributed by atoms with Crippen molar-refractivity contribution in [3.8, 4) is 16.8 Å². The molecule has 3 aromatic carbocycles. The smallest absolute Gasteiger partial charge is 0.270 e. The number of halogens is 1. The van der Waals surface area contributed by atoms with Crippen LogP contribution in [0.4, 0.5) is 5.69 Å². The first-order valence-corrected chi connectivity index (χ1v) is 12.1. The zero-order valence-corrected chi connectivity index (χ0v) is 21.2. The minimum Gasteiger partial charge on any atom is -0.318 e. The Morgan fingerprint density at radius 3 is 2.11 bits per heavy atom. The third-order valence-electron chi connectivity index (χ3n) is 6.19. The quantitative estimate of drug-likeness (QED) is 0.200. The second kappa shape index (κ2) is 9.57. The number of nitrogens with one attached hydrogen (secondary N) is 1. The molecule has 36 heavy (non-hydrogen) atoms. The number of thiocarbonyl (C=S) groups is 1. The predicted molar refractivity (Wildman–Crippen MR) is 148 cm³/mol. The molecular formula is C29H22ClN3O2S. The van der Waals surface area contributed by atoms with Crippen LogP contribution in [-0.2, 0) is 9.59 Å². The number of rotatable bonds is 4. The summed E-state index contributed by atoms with van der Waals surface area (Å²) < 4.78 is 2.11. The molecule has 1 aliphatic rings. The Morgan fingerprint density at radius 2 is 1.44 bits per heavy atom. The summed E-state index contributed by atoms with van der Waals surface area (Å²) >= 11 is 11.3. The molecule has 4 aromatic rings. The number of carbonyl (C=O) groups excluding carboxylic acids is 2. The van der Waals surface area contributed by atoms with Gasteiger partial charge in [0.1, 0.15) is 5.57 Å². The van der Waals surface area contributed by atoms with Crippen molar-refractivity contribution in [1.29, 1.82) is 0 Å². The van der Waals surface area contributed by atoms with Crippen molar-refractivity contribution < 1.29 is 9.59 Å². The van der Waals surface area contributed by atoms with Gasteiger partial charge in [-0.1, -0.05) is 54.1 Å². The normalized spacial score (nSPS) is 14.9. The van der Waals surface area contributed by atoms with Gasteiger partial charge in [0.2, 0.25) is 0 Å². The Hall–Kier alpha value is -4.00. The van der Waals surface area contributed by atoms with Crippen molar-refractivity contribution >= 4 is 52.5 Å². The molecule has 178 valence electrons. The molecule has 1 aromatic heterocycles. The van der Waals surface area contributed by atoms with Crippen LogP contribution >= 0.6 is 23.8 Å².